The van der Waals surface area contributed by atoms with Crippen molar-refractivity contribution in [3.63, 3.8) is 0 Å². The van der Waals surface area contributed by atoms with Crippen molar-refractivity contribution < 1.29 is 9.21 Å². The van der Waals surface area contributed by atoms with Crippen LogP contribution in [0.5, 0.6) is 0 Å². The number of benzene rings is 1. The highest BCUT2D eigenvalue weighted by molar-refractivity contribution is 7.99. The second-order valence-corrected chi connectivity index (χ2v) is 6.59. The summed E-state index contributed by atoms with van der Waals surface area (Å²) in [6, 6.07) is 5.56. The number of nitrogens with zero attached hydrogens (tertiary/aromatic N) is 3. The zero-order valence-electron chi connectivity index (χ0n) is 12.7. The molecule has 2 heterocycles. The van der Waals surface area contributed by atoms with Gasteiger partial charge in [-0.3, -0.25) is 4.79 Å². The molecule has 23 heavy (non-hydrogen) atoms. The van der Waals surface area contributed by atoms with Gasteiger partial charge in [0.25, 0.3) is 5.22 Å². The highest BCUT2D eigenvalue weighted by Crippen LogP contribution is 2.36. The number of carbonyl (C=O) groups is 1. The molecule has 6 nitrogen and oxygen atoms in total. The van der Waals surface area contributed by atoms with Crippen LogP contribution in [-0.4, -0.2) is 34.9 Å². The Balaban J connectivity index is 1.67. The Labute approximate surface area is 143 Å². The van der Waals surface area contributed by atoms with E-state index >= 15 is 0 Å². The lowest BCUT2D eigenvalue weighted by atomic mass is 10.2. The van der Waals surface area contributed by atoms with Gasteiger partial charge in [-0.1, -0.05) is 29.4 Å². The van der Waals surface area contributed by atoms with E-state index in [1.54, 1.807) is 6.92 Å². The van der Waals surface area contributed by atoms with E-state index in [0.717, 1.165) is 37.3 Å². The first kappa shape index (κ1) is 16.1. The Kier molecular flexibility index (Phi) is 5.07. The van der Waals surface area contributed by atoms with Gasteiger partial charge in [0.15, 0.2) is 0 Å². The quantitative estimate of drug-likeness (QED) is 0.832. The normalized spacial score (nSPS) is 14.3. The smallest absolute Gasteiger partial charge is 0.277 e. The molecular formula is C15H17ClN4O2S. The van der Waals surface area contributed by atoms with Crippen LogP contribution in [0.25, 0.3) is 0 Å². The van der Waals surface area contributed by atoms with Gasteiger partial charge in [-0.15, -0.1) is 10.2 Å². The van der Waals surface area contributed by atoms with Crippen LogP contribution in [0.15, 0.2) is 27.8 Å². The maximum absolute atomic E-state index is 12.2. The molecule has 1 aliphatic rings. The molecule has 0 bridgehead atoms. The Morgan fingerprint density at radius 3 is 2.87 bits per heavy atom. The van der Waals surface area contributed by atoms with E-state index in [0.29, 0.717) is 16.1 Å². The minimum Gasteiger partial charge on any atom is -0.416 e. The SMILES string of the molecule is Cc1nnc(SCC(=O)Nc2cccc(Cl)c2N2CCCC2)o1. The van der Waals surface area contributed by atoms with Crippen LogP contribution in [0.3, 0.4) is 0 Å². The molecule has 122 valence electrons. The van der Waals surface area contributed by atoms with Crippen molar-refractivity contribution in [2.45, 2.75) is 25.0 Å². The van der Waals surface area contributed by atoms with Gasteiger partial charge < -0.3 is 14.6 Å². The molecule has 0 atom stereocenters. The average molecular weight is 353 g/mol. The standard InChI is InChI=1S/C15H17ClN4O2S/c1-10-18-19-15(22-10)23-9-13(21)17-12-6-4-5-11(16)14(12)20-7-2-3-8-20/h4-6H,2-3,7-9H2,1H3,(H,17,21). The van der Waals surface area contributed by atoms with Gasteiger partial charge >= 0.3 is 0 Å². The zero-order chi connectivity index (χ0) is 16.2. The molecule has 0 radical (unpaired) electrons. The minimum atomic E-state index is -0.131. The van der Waals surface area contributed by atoms with Gasteiger partial charge in [0.1, 0.15) is 0 Å². The monoisotopic (exact) mass is 352 g/mol. The number of para-hydroxylation sites is 1. The molecule has 1 aromatic carbocycles. The Bertz CT molecular complexity index is 701. The molecule has 0 unspecified atom stereocenters. The summed E-state index contributed by atoms with van der Waals surface area (Å²) in [5.41, 5.74) is 1.64. The minimum absolute atomic E-state index is 0.131. The molecular weight excluding hydrogens is 336 g/mol. The third-order valence-corrected chi connectivity index (χ3v) is 4.64. The topological polar surface area (TPSA) is 71.3 Å². The Morgan fingerprint density at radius 2 is 2.17 bits per heavy atom. The number of hydrogen-bond donors (Lipinski definition) is 1. The van der Waals surface area contributed by atoms with Gasteiger partial charge in [0.05, 0.1) is 22.2 Å². The average Bonchev–Trinajstić information content (AvgIpc) is 3.17. The van der Waals surface area contributed by atoms with Gasteiger partial charge in [0.2, 0.25) is 11.8 Å². The lowest BCUT2D eigenvalue weighted by Gasteiger charge is -2.22. The molecule has 0 saturated carbocycles. The molecule has 1 fully saturated rings. The second kappa shape index (κ2) is 7.23. The van der Waals surface area contributed by atoms with Crippen LogP contribution in [-0.2, 0) is 4.79 Å². The first-order valence-corrected chi connectivity index (χ1v) is 8.76. The molecule has 1 aromatic heterocycles. The largest absolute Gasteiger partial charge is 0.416 e. The molecule has 1 aliphatic heterocycles. The fourth-order valence-corrected chi connectivity index (χ4v) is 3.43. The number of carbonyl (C=O) groups excluding carboxylic acids is 1. The van der Waals surface area contributed by atoms with Crippen LogP contribution in [0.2, 0.25) is 5.02 Å². The highest BCUT2D eigenvalue weighted by Gasteiger charge is 2.20. The third kappa shape index (κ3) is 3.97. The van der Waals surface area contributed by atoms with E-state index in [2.05, 4.69) is 20.4 Å². The molecule has 1 saturated heterocycles. The first-order valence-electron chi connectivity index (χ1n) is 7.40. The fourth-order valence-electron chi connectivity index (χ4n) is 2.53. The van der Waals surface area contributed by atoms with E-state index in [9.17, 15) is 4.79 Å². The van der Waals surface area contributed by atoms with Crippen molar-refractivity contribution in [1.82, 2.24) is 10.2 Å². The fraction of sp³-hybridized carbons (Fsp3) is 0.400. The number of thioether (sulfide) groups is 1. The van der Waals surface area contributed by atoms with Crippen molar-refractivity contribution in [3.05, 3.63) is 29.1 Å². The lowest BCUT2D eigenvalue weighted by molar-refractivity contribution is -0.113. The van der Waals surface area contributed by atoms with Crippen molar-refractivity contribution in [2.75, 3.05) is 29.1 Å². The van der Waals surface area contributed by atoms with Crippen LogP contribution in [0.4, 0.5) is 11.4 Å². The predicted octanol–water partition coefficient (Wildman–Crippen LogP) is 3.36. The maximum atomic E-state index is 12.2. The summed E-state index contributed by atoms with van der Waals surface area (Å²) < 4.78 is 5.24. The number of halogens is 1. The number of nitrogens with one attached hydrogen (secondary N) is 1. The Hall–Kier alpha value is -1.73. The molecule has 1 N–H and O–H groups in total. The van der Waals surface area contributed by atoms with Crippen LogP contribution >= 0.6 is 23.4 Å². The van der Waals surface area contributed by atoms with E-state index < -0.39 is 0 Å². The van der Waals surface area contributed by atoms with Crippen LogP contribution < -0.4 is 10.2 Å². The van der Waals surface area contributed by atoms with Crippen LogP contribution in [0.1, 0.15) is 18.7 Å². The summed E-state index contributed by atoms with van der Waals surface area (Å²) in [4.78, 5) is 14.4. The van der Waals surface area contributed by atoms with E-state index in [1.807, 2.05) is 18.2 Å². The summed E-state index contributed by atoms with van der Waals surface area (Å²) >= 11 is 7.55. The molecule has 0 aliphatic carbocycles. The predicted molar refractivity (Wildman–Crippen MR) is 91.3 cm³/mol. The molecule has 8 heteroatoms. The number of hydrogen-bond acceptors (Lipinski definition) is 6. The summed E-state index contributed by atoms with van der Waals surface area (Å²) in [7, 11) is 0. The van der Waals surface area contributed by atoms with Gasteiger partial charge in [-0.05, 0) is 25.0 Å². The van der Waals surface area contributed by atoms with Gasteiger partial charge in [-0.25, -0.2) is 0 Å². The van der Waals surface area contributed by atoms with Gasteiger partial charge in [0, 0.05) is 20.0 Å². The summed E-state index contributed by atoms with van der Waals surface area (Å²) in [5, 5.41) is 11.6. The van der Waals surface area contributed by atoms with E-state index in [-0.39, 0.29) is 11.7 Å². The number of rotatable bonds is 5. The molecule has 0 spiro atoms. The summed E-state index contributed by atoms with van der Waals surface area (Å²) in [5.74, 6) is 0.556. The number of aromatic nitrogens is 2. The molecule has 2 aromatic rings. The number of amides is 1. The summed E-state index contributed by atoms with van der Waals surface area (Å²) in [6.07, 6.45) is 2.29. The third-order valence-electron chi connectivity index (χ3n) is 3.52. The summed E-state index contributed by atoms with van der Waals surface area (Å²) in [6.45, 7) is 3.64. The Morgan fingerprint density at radius 1 is 1.39 bits per heavy atom. The maximum Gasteiger partial charge on any atom is 0.277 e. The second-order valence-electron chi connectivity index (χ2n) is 5.25. The first-order chi connectivity index (χ1) is 11.1. The number of aryl methyl sites for hydroxylation is 1. The molecule has 1 amide bonds. The van der Waals surface area contributed by atoms with Crippen molar-refractivity contribution in [1.29, 1.82) is 0 Å². The van der Waals surface area contributed by atoms with Crippen molar-refractivity contribution >= 4 is 40.6 Å². The van der Waals surface area contributed by atoms with Crippen molar-refractivity contribution in [3.8, 4) is 0 Å². The van der Waals surface area contributed by atoms with E-state index in [1.165, 1.54) is 11.8 Å². The molecule has 3 rings (SSSR count). The zero-order valence-corrected chi connectivity index (χ0v) is 14.3. The van der Waals surface area contributed by atoms with Crippen molar-refractivity contribution in [2.24, 2.45) is 0 Å². The highest BCUT2D eigenvalue weighted by atomic mass is 35.5. The van der Waals surface area contributed by atoms with E-state index in [4.69, 9.17) is 16.0 Å². The van der Waals surface area contributed by atoms with Gasteiger partial charge in [-0.2, -0.15) is 0 Å². The lowest BCUT2D eigenvalue weighted by Crippen LogP contribution is -2.22. The number of anilines is 2. The van der Waals surface area contributed by atoms with Crippen LogP contribution in [0, 0.1) is 6.92 Å².